The van der Waals surface area contributed by atoms with Crippen LogP contribution in [0.3, 0.4) is 0 Å². The predicted molar refractivity (Wildman–Crippen MR) is 57.9 cm³/mol. The van der Waals surface area contributed by atoms with Crippen LogP contribution < -0.4 is 4.72 Å². The second-order valence-corrected chi connectivity index (χ2v) is 6.44. The standard InChI is InChI=1S/C9H19NO4S/c1-7(8(11)14-5)10-15(12,13)6-9(2,3)4/h7,10H,6H2,1-5H3. The fourth-order valence-electron chi connectivity index (χ4n) is 1.11. The summed E-state index contributed by atoms with van der Waals surface area (Å²) in [4.78, 5) is 11.0. The molecule has 0 spiro atoms. The molecule has 0 fully saturated rings. The molecule has 0 rings (SSSR count). The van der Waals surface area contributed by atoms with Gasteiger partial charge in [0.1, 0.15) is 6.04 Å². The molecule has 1 atom stereocenters. The number of carbonyl (C=O) groups is 1. The zero-order valence-corrected chi connectivity index (χ0v) is 10.6. The number of carbonyl (C=O) groups excluding carboxylic acids is 1. The summed E-state index contributed by atoms with van der Waals surface area (Å²) in [7, 11) is -2.23. The molecule has 0 heterocycles. The summed E-state index contributed by atoms with van der Waals surface area (Å²) in [5.41, 5.74) is -0.346. The van der Waals surface area contributed by atoms with Crippen molar-refractivity contribution in [3.8, 4) is 0 Å². The summed E-state index contributed by atoms with van der Waals surface area (Å²) in [6.07, 6.45) is 0. The summed E-state index contributed by atoms with van der Waals surface area (Å²) in [5.74, 6) is -0.617. The number of rotatable bonds is 4. The lowest BCUT2D eigenvalue weighted by Gasteiger charge is -2.20. The van der Waals surface area contributed by atoms with Gasteiger partial charge in [0.2, 0.25) is 10.0 Å². The van der Waals surface area contributed by atoms with E-state index < -0.39 is 22.0 Å². The molecule has 0 saturated heterocycles. The van der Waals surface area contributed by atoms with Gasteiger partial charge in [-0.3, -0.25) is 4.79 Å². The van der Waals surface area contributed by atoms with E-state index in [0.717, 1.165) is 0 Å². The Morgan fingerprint density at radius 2 is 1.87 bits per heavy atom. The molecule has 0 aromatic heterocycles. The van der Waals surface area contributed by atoms with Crippen LogP contribution in [0.2, 0.25) is 0 Å². The fraction of sp³-hybridized carbons (Fsp3) is 0.889. The van der Waals surface area contributed by atoms with Crippen LogP contribution in [0.4, 0.5) is 0 Å². The number of hydrogen-bond donors (Lipinski definition) is 1. The van der Waals surface area contributed by atoms with E-state index in [-0.39, 0.29) is 11.2 Å². The zero-order valence-electron chi connectivity index (χ0n) is 9.83. The maximum atomic E-state index is 11.6. The first-order chi connectivity index (χ1) is 6.57. The third-order valence-electron chi connectivity index (χ3n) is 1.53. The van der Waals surface area contributed by atoms with Gasteiger partial charge in [0.15, 0.2) is 0 Å². The monoisotopic (exact) mass is 237 g/mol. The lowest BCUT2D eigenvalue weighted by molar-refractivity contribution is -0.142. The van der Waals surface area contributed by atoms with Crippen molar-refractivity contribution in [3.05, 3.63) is 0 Å². The van der Waals surface area contributed by atoms with Crippen molar-refractivity contribution in [1.29, 1.82) is 0 Å². The highest BCUT2D eigenvalue weighted by Gasteiger charge is 2.25. The molecule has 1 unspecified atom stereocenters. The summed E-state index contributed by atoms with van der Waals surface area (Å²) in [6.45, 7) is 6.89. The SMILES string of the molecule is COC(=O)C(C)NS(=O)(=O)CC(C)(C)C. The maximum absolute atomic E-state index is 11.6. The van der Waals surface area contributed by atoms with Crippen molar-refractivity contribution < 1.29 is 17.9 Å². The number of esters is 1. The molecule has 15 heavy (non-hydrogen) atoms. The number of ether oxygens (including phenoxy) is 1. The minimum Gasteiger partial charge on any atom is -0.468 e. The molecule has 6 heteroatoms. The average molecular weight is 237 g/mol. The molecule has 1 N–H and O–H groups in total. The first-order valence-electron chi connectivity index (χ1n) is 4.65. The van der Waals surface area contributed by atoms with Gasteiger partial charge in [0.05, 0.1) is 12.9 Å². The highest BCUT2D eigenvalue weighted by molar-refractivity contribution is 7.89. The van der Waals surface area contributed by atoms with Crippen molar-refractivity contribution in [2.24, 2.45) is 5.41 Å². The van der Waals surface area contributed by atoms with Crippen LogP contribution in [0.15, 0.2) is 0 Å². The van der Waals surface area contributed by atoms with Crippen LogP contribution in [-0.4, -0.2) is 33.3 Å². The maximum Gasteiger partial charge on any atom is 0.323 e. The summed E-state index contributed by atoms with van der Waals surface area (Å²) < 4.78 is 29.8. The van der Waals surface area contributed by atoms with Gasteiger partial charge in [-0.2, -0.15) is 0 Å². The minimum absolute atomic E-state index is 0.0265. The Balaban J connectivity index is 4.46. The first-order valence-corrected chi connectivity index (χ1v) is 6.30. The van der Waals surface area contributed by atoms with Crippen LogP contribution in [-0.2, 0) is 19.6 Å². The van der Waals surface area contributed by atoms with E-state index in [2.05, 4.69) is 9.46 Å². The van der Waals surface area contributed by atoms with Crippen molar-refractivity contribution in [3.63, 3.8) is 0 Å². The Labute approximate surface area is 91.2 Å². The Morgan fingerprint density at radius 3 is 2.20 bits per heavy atom. The third-order valence-corrected chi connectivity index (χ3v) is 3.49. The second-order valence-electron chi connectivity index (χ2n) is 4.68. The highest BCUT2D eigenvalue weighted by atomic mass is 32.2. The van der Waals surface area contributed by atoms with Gasteiger partial charge in [0.25, 0.3) is 0 Å². The first kappa shape index (κ1) is 14.4. The number of nitrogens with one attached hydrogen (secondary N) is 1. The predicted octanol–water partition coefficient (Wildman–Crippen LogP) is 0.513. The Hall–Kier alpha value is -0.620. The molecule has 5 nitrogen and oxygen atoms in total. The van der Waals surface area contributed by atoms with E-state index in [1.165, 1.54) is 14.0 Å². The molecular formula is C9H19NO4S. The van der Waals surface area contributed by atoms with Crippen LogP contribution in [0, 0.1) is 5.41 Å². The number of hydrogen-bond acceptors (Lipinski definition) is 4. The van der Waals surface area contributed by atoms with Crippen molar-refractivity contribution in [2.45, 2.75) is 33.7 Å². The Bertz CT molecular complexity index is 315. The molecule has 0 aromatic carbocycles. The van der Waals surface area contributed by atoms with E-state index in [9.17, 15) is 13.2 Å². The molecule has 90 valence electrons. The second kappa shape index (κ2) is 4.94. The van der Waals surface area contributed by atoms with E-state index in [4.69, 9.17) is 0 Å². The van der Waals surface area contributed by atoms with E-state index in [0.29, 0.717) is 0 Å². The lowest BCUT2D eigenvalue weighted by atomic mass is 10.0. The van der Waals surface area contributed by atoms with E-state index >= 15 is 0 Å². The van der Waals surface area contributed by atoms with Crippen LogP contribution in [0.1, 0.15) is 27.7 Å². The molecule has 0 aromatic rings. The Kier molecular flexibility index (Phi) is 4.73. The molecule has 0 bridgehead atoms. The molecule has 0 aliphatic carbocycles. The van der Waals surface area contributed by atoms with E-state index in [1.54, 1.807) is 0 Å². The minimum atomic E-state index is -3.44. The van der Waals surface area contributed by atoms with Crippen LogP contribution >= 0.6 is 0 Å². The summed E-state index contributed by atoms with van der Waals surface area (Å²) >= 11 is 0. The third kappa shape index (κ3) is 6.46. The van der Waals surface area contributed by atoms with Crippen molar-refractivity contribution >= 4 is 16.0 Å². The average Bonchev–Trinajstić information content (AvgIpc) is 1.96. The smallest absolute Gasteiger partial charge is 0.323 e. The van der Waals surface area contributed by atoms with Gasteiger partial charge in [0, 0.05) is 0 Å². The van der Waals surface area contributed by atoms with Crippen molar-refractivity contribution in [1.82, 2.24) is 4.72 Å². The normalized spacial score (nSPS) is 14.7. The van der Waals surface area contributed by atoms with Gasteiger partial charge in [-0.25, -0.2) is 13.1 Å². The summed E-state index contributed by atoms with van der Waals surface area (Å²) in [6, 6.07) is -0.845. The molecule has 0 aliphatic heterocycles. The summed E-state index contributed by atoms with van der Waals surface area (Å²) in [5, 5.41) is 0. The Morgan fingerprint density at radius 1 is 1.40 bits per heavy atom. The van der Waals surface area contributed by atoms with Gasteiger partial charge in [-0.15, -0.1) is 0 Å². The molecule has 0 amide bonds. The van der Waals surface area contributed by atoms with Crippen molar-refractivity contribution in [2.75, 3.05) is 12.9 Å². The van der Waals surface area contributed by atoms with Crippen LogP contribution in [0.25, 0.3) is 0 Å². The van der Waals surface area contributed by atoms with Gasteiger partial charge < -0.3 is 4.74 Å². The van der Waals surface area contributed by atoms with E-state index in [1.807, 2.05) is 20.8 Å². The molecule has 0 aliphatic rings. The lowest BCUT2D eigenvalue weighted by Crippen LogP contribution is -2.42. The largest absolute Gasteiger partial charge is 0.468 e. The van der Waals surface area contributed by atoms with Gasteiger partial charge in [-0.1, -0.05) is 20.8 Å². The van der Waals surface area contributed by atoms with Gasteiger partial charge >= 0.3 is 5.97 Å². The number of sulfonamides is 1. The molecular weight excluding hydrogens is 218 g/mol. The fourth-order valence-corrected chi connectivity index (χ4v) is 2.96. The molecule has 0 radical (unpaired) electrons. The zero-order chi connectivity index (χ0) is 12.3. The van der Waals surface area contributed by atoms with Gasteiger partial charge in [-0.05, 0) is 12.3 Å². The highest BCUT2D eigenvalue weighted by Crippen LogP contribution is 2.15. The van der Waals surface area contributed by atoms with Crippen LogP contribution in [0.5, 0.6) is 0 Å². The topological polar surface area (TPSA) is 72.5 Å². The molecule has 0 saturated carbocycles. The number of methoxy groups -OCH3 is 1. The quantitative estimate of drug-likeness (QED) is 0.723.